The molecule has 2 heterocycles. The molecule has 5 rings (SSSR count). The number of anilines is 1. The fraction of sp³-hybridized carbons (Fsp3) is 0.286. The molecule has 0 saturated carbocycles. The summed E-state index contributed by atoms with van der Waals surface area (Å²) in [5.74, 6) is -0.259. The molecule has 3 N–H and O–H groups in total. The number of pyridine rings is 1. The van der Waals surface area contributed by atoms with E-state index in [4.69, 9.17) is 26.8 Å². The molecule has 1 saturated heterocycles. The molecule has 4 atom stereocenters. The number of imide groups is 1. The van der Waals surface area contributed by atoms with Crippen LogP contribution in [0.5, 0.6) is 0 Å². The van der Waals surface area contributed by atoms with Gasteiger partial charge in [0.2, 0.25) is 0 Å². The summed E-state index contributed by atoms with van der Waals surface area (Å²) in [7, 11) is 1.26. The summed E-state index contributed by atoms with van der Waals surface area (Å²) in [5, 5.41) is 4.21. The van der Waals surface area contributed by atoms with Gasteiger partial charge in [-0.3, -0.25) is 9.78 Å². The summed E-state index contributed by atoms with van der Waals surface area (Å²) in [6.45, 7) is 1.50. The van der Waals surface area contributed by atoms with Crippen LogP contribution in [0.15, 0.2) is 108 Å². The third-order valence-corrected chi connectivity index (χ3v) is 9.19. The molecule has 0 unspecified atom stereocenters. The van der Waals surface area contributed by atoms with Gasteiger partial charge in [-0.25, -0.2) is 9.69 Å². The number of halogens is 1. The molecular weight excluding hydrogens is 608 g/mol. The summed E-state index contributed by atoms with van der Waals surface area (Å²) in [6.07, 6.45) is 3.85. The number of thioether (sulfide) groups is 1. The van der Waals surface area contributed by atoms with Crippen LogP contribution in [0.1, 0.15) is 29.0 Å². The lowest BCUT2D eigenvalue weighted by Crippen LogP contribution is -2.50. The lowest BCUT2D eigenvalue weighted by molar-refractivity contribution is -0.119. The maximum Gasteiger partial charge on any atom is 0.420 e. The van der Waals surface area contributed by atoms with Crippen LogP contribution in [-0.2, 0) is 20.7 Å². The molecule has 0 radical (unpaired) electrons. The van der Waals surface area contributed by atoms with Crippen molar-refractivity contribution in [2.45, 2.75) is 41.9 Å². The molecule has 0 aliphatic carbocycles. The van der Waals surface area contributed by atoms with E-state index in [0.717, 1.165) is 50.4 Å². The maximum atomic E-state index is 14.2. The van der Waals surface area contributed by atoms with Gasteiger partial charge in [-0.1, -0.05) is 60.1 Å². The Morgan fingerprint density at radius 1 is 0.978 bits per heavy atom. The highest BCUT2D eigenvalue weighted by Gasteiger charge is 2.36. The summed E-state index contributed by atoms with van der Waals surface area (Å²) >= 11 is 7.75. The van der Waals surface area contributed by atoms with Crippen molar-refractivity contribution >= 4 is 41.1 Å². The van der Waals surface area contributed by atoms with Crippen molar-refractivity contribution in [1.29, 1.82) is 0 Å². The van der Waals surface area contributed by atoms with Crippen LogP contribution in [0, 0.1) is 0 Å². The zero-order valence-corrected chi connectivity index (χ0v) is 26.6. The molecule has 3 aromatic carbocycles. The summed E-state index contributed by atoms with van der Waals surface area (Å²) in [6, 6.07) is 27.3. The molecule has 1 fully saturated rings. The zero-order valence-electron chi connectivity index (χ0n) is 25.1. The Kier molecular flexibility index (Phi) is 11.6. The Bertz CT molecular complexity index is 1510. The van der Waals surface area contributed by atoms with Gasteiger partial charge in [-0.15, -0.1) is 11.8 Å². The van der Waals surface area contributed by atoms with Crippen LogP contribution in [0.25, 0.3) is 0 Å². The number of methoxy groups -OCH3 is 1. The number of nitrogens with two attached hydrogens (primary N) is 1. The van der Waals surface area contributed by atoms with E-state index in [1.807, 2.05) is 78.9 Å². The molecule has 1 aliphatic rings. The molecule has 2 amide bonds. The highest BCUT2D eigenvalue weighted by atomic mass is 35.5. The van der Waals surface area contributed by atoms with Crippen molar-refractivity contribution in [3.63, 3.8) is 0 Å². The molecule has 8 nitrogen and oxygen atoms in total. The van der Waals surface area contributed by atoms with Crippen LogP contribution in [0.2, 0.25) is 5.02 Å². The van der Waals surface area contributed by atoms with Crippen LogP contribution < -0.4 is 16.0 Å². The van der Waals surface area contributed by atoms with Gasteiger partial charge in [-0.05, 0) is 72.0 Å². The van der Waals surface area contributed by atoms with Gasteiger partial charge in [-0.2, -0.15) is 0 Å². The lowest BCUT2D eigenvalue weighted by Gasteiger charge is -2.32. The van der Waals surface area contributed by atoms with Gasteiger partial charge < -0.3 is 20.5 Å². The minimum atomic E-state index is -1.08. The van der Waals surface area contributed by atoms with E-state index in [-0.39, 0.29) is 12.2 Å². The number of benzene rings is 3. The Hall–Kier alpha value is -3.73. The SMILES string of the molecule is COC(=O)N(C(=O)[C@H](N)[C@@H](c1ccccc1)c1ccncc1)c1ccccc1CC[C@@H]1CNC[C@@H](CSc2ccc(Cl)cc2)O1. The predicted molar refractivity (Wildman–Crippen MR) is 179 cm³/mol. The maximum absolute atomic E-state index is 14.2. The number of aryl methyl sites for hydroxylation is 1. The molecule has 1 aromatic heterocycles. The number of morpholine rings is 1. The van der Waals surface area contributed by atoms with Gasteiger partial charge in [0.25, 0.3) is 5.91 Å². The largest absolute Gasteiger partial charge is 0.452 e. The standard InChI is InChI=1S/C35H37ClN4O4S/c1-43-35(42)40(34(41)33(37)32(25-8-3-2-4-9-25)26-17-19-38-20-18-26)31-10-6-5-7-24(31)11-14-28-21-39-22-29(44-28)23-45-30-15-12-27(36)13-16-30/h2-10,12-13,15-20,28-29,32-33,39H,11,14,21-23,37H2,1H3/t28-,29+,32+,33-/m1/s1. The minimum Gasteiger partial charge on any atom is -0.452 e. The number of carbonyl (C=O) groups excluding carboxylic acids is 2. The van der Waals surface area contributed by atoms with Crippen molar-refractivity contribution in [3.8, 4) is 0 Å². The van der Waals surface area contributed by atoms with Crippen molar-refractivity contribution < 1.29 is 19.1 Å². The number of nitrogens with one attached hydrogen (secondary N) is 1. The monoisotopic (exact) mass is 644 g/mol. The summed E-state index contributed by atoms with van der Waals surface area (Å²) in [5.41, 5.74) is 9.68. The van der Waals surface area contributed by atoms with Crippen molar-refractivity contribution in [2.75, 3.05) is 30.9 Å². The fourth-order valence-electron chi connectivity index (χ4n) is 5.55. The molecule has 0 bridgehead atoms. The number of hydrogen-bond acceptors (Lipinski definition) is 8. The van der Waals surface area contributed by atoms with Crippen LogP contribution >= 0.6 is 23.4 Å². The van der Waals surface area contributed by atoms with Gasteiger partial charge in [0, 0.05) is 47.1 Å². The Morgan fingerprint density at radius 2 is 1.64 bits per heavy atom. The first-order valence-electron chi connectivity index (χ1n) is 14.9. The molecule has 10 heteroatoms. The smallest absolute Gasteiger partial charge is 0.420 e. The van der Waals surface area contributed by atoms with E-state index < -0.39 is 24.0 Å². The number of ether oxygens (including phenoxy) is 2. The molecular formula is C35H37ClN4O4S. The van der Waals surface area contributed by atoms with E-state index in [2.05, 4.69) is 10.3 Å². The molecule has 4 aromatic rings. The van der Waals surface area contributed by atoms with Gasteiger partial charge >= 0.3 is 6.09 Å². The second-order valence-corrected chi connectivity index (χ2v) is 12.3. The average molecular weight is 645 g/mol. The van der Waals surface area contributed by atoms with Gasteiger partial charge in [0.1, 0.15) is 0 Å². The number of para-hydroxylation sites is 1. The highest BCUT2D eigenvalue weighted by Crippen LogP contribution is 2.31. The Morgan fingerprint density at radius 3 is 2.38 bits per heavy atom. The normalized spacial score (nSPS) is 17.7. The predicted octanol–water partition coefficient (Wildman–Crippen LogP) is 6.08. The topological polar surface area (TPSA) is 107 Å². The summed E-state index contributed by atoms with van der Waals surface area (Å²) in [4.78, 5) is 33.8. The third-order valence-electron chi connectivity index (χ3n) is 7.79. The number of nitrogens with zero attached hydrogens (tertiary/aromatic N) is 2. The Labute approximate surface area is 273 Å². The van der Waals surface area contributed by atoms with E-state index in [0.29, 0.717) is 18.5 Å². The molecule has 234 valence electrons. The minimum absolute atomic E-state index is 0.0266. The van der Waals surface area contributed by atoms with Gasteiger partial charge in [0.05, 0.1) is 31.0 Å². The van der Waals surface area contributed by atoms with Gasteiger partial charge in [0.15, 0.2) is 0 Å². The third kappa shape index (κ3) is 8.51. The van der Waals surface area contributed by atoms with E-state index in [9.17, 15) is 9.59 Å². The van der Waals surface area contributed by atoms with E-state index in [1.165, 1.54) is 7.11 Å². The highest BCUT2D eigenvalue weighted by molar-refractivity contribution is 7.99. The second-order valence-electron chi connectivity index (χ2n) is 10.8. The van der Waals surface area contributed by atoms with Crippen molar-refractivity contribution in [3.05, 3.63) is 125 Å². The average Bonchev–Trinajstić information content (AvgIpc) is 3.08. The van der Waals surface area contributed by atoms with E-state index >= 15 is 0 Å². The van der Waals surface area contributed by atoms with Crippen LogP contribution in [0.4, 0.5) is 10.5 Å². The van der Waals surface area contributed by atoms with Crippen molar-refractivity contribution in [2.24, 2.45) is 5.73 Å². The molecule has 0 spiro atoms. The zero-order chi connectivity index (χ0) is 31.6. The first-order chi connectivity index (χ1) is 21.9. The number of carbonyl (C=O) groups is 2. The Balaban J connectivity index is 1.31. The first-order valence-corrected chi connectivity index (χ1v) is 16.3. The van der Waals surface area contributed by atoms with Crippen LogP contribution in [0.3, 0.4) is 0 Å². The lowest BCUT2D eigenvalue weighted by atomic mass is 9.85. The van der Waals surface area contributed by atoms with E-state index in [1.54, 1.807) is 36.3 Å². The number of rotatable bonds is 11. The molecule has 1 aliphatic heterocycles. The number of hydrogen-bond donors (Lipinski definition) is 2. The first kappa shape index (κ1) is 32.7. The molecule has 45 heavy (non-hydrogen) atoms. The number of aromatic nitrogens is 1. The fourth-order valence-corrected chi connectivity index (χ4v) is 6.58. The second kappa shape index (κ2) is 16.0. The summed E-state index contributed by atoms with van der Waals surface area (Å²) < 4.78 is 11.5. The van der Waals surface area contributed by atoms with Crippen LogP contribution in [-0.4, -0.2) is 61.2 Å². The number of amides is 2. The van der Waals surface area contributed by atoms with Crippen molar-refractivity contribution in [1.82, 2.24) is 10.3 Å². The quantitative estimate of drug-likeness (QED) is 0.189.